The van der Waals surface area contributed by atoms with Crippen molar-refractivity contribution in [1.82, 2.24) is 10.6 Å². The van der Waals surface area contributed by atoms with Crippen molar-refractivity contribution >= 4 is 16.9 Å². The minimum atomic E-state index is -0.124. The molecule has 1 fully saturated rings. The molecule has 1 aromatic heterocycles. The fraction of sp³-hybridized carbons (Fsp3) is 0.438. The van der Waals surface area contributed by atoms with Crippen molar-refractivity contribution in [2.75, 3.05) is 19.6 Å². The summed E-state index contributed by atoms with van der Waals surface area (Å²) in [6.45, 7) is 4.98. The number of hydrogen-bond donors (Lipinski definition) is 2. The maximum Gasteiger partial charge on any atom is 0.287 e. The van der Waals surface area contributed by atoms with Gasteiger partial charge in [-0.05, 0) is 43.5 Å². The molecular weight excluding hydrogens is 252 g/mol. The summed E-state index contributed by atoms with van der Waals surface area (Å²) in [5.74, 6) is 0.268. The SMILES string of the molecule is CC1(CNC(=O)c2cc3ccccc3o2)CCNCC1. The van der Waals surface area contributed by atoms with Gasteiger partial charge in [0.25, 0.3) is 5.91 Å². The third kappa shape index (κ3) is 2.70. The molecule has 0 atom stereocenters. The Morgan fingerprint density at radius 1 is 1.35 bits per heavy atom. The summed E-state index contributed by atoms with van der Waals surface area (Å²) >= 11 is 0. The Bertz CT molecular complexity index is 579. The van der Waals surface area contributed by atoms with Crippen LogP contribution >= 0.6 is 0 Å². The summed E-state index contributed by atoms with van der Waals surface area (Å²) in [4.78, 5) is 12.2. The molecule has 3 rings (SSSR count). The number of nitrogens with one attached hydrogen (secondary N) is 2. The van der Waals surface area contributed by atoms with Crippen LogP contribution in [0.4, 0.5) is 0 Å². The number of benzene rings is 1. The predicted molar refractivity (Wildman–Crippen MR) is 78.8 cm³/mol. The monoisotopic (exact) mass is 272 g/mol. The normalized spacial score (nSPS) is 18.1. The van der Waals surface area contributed by atoms with E-state index in [9.17, 15) is 4.79 Å². The average molecular weight is 272 g/mol. The molecule has 106 valence electrons. The highest BCUT2D eigenvalue weighted by Gasteiger charge is 2.27. The molecule has 0 aliphatic carbocycles. The Kier molecular flexibility index (Phi) is 3.49. The van der Waals surface area contributed by atoms with Crippen molar-refractivity contribution in [2.24, 2.45) is 5.41 Å². The zero-order chi connectivity index (χ0) is 14.0. The van der Waals surface area contributed by atoms with Gasteiger partial charge in [-0.25, -0.2) is 0 Å². The third-order valence-corrected chi connectivity index (χ3v) is 4.14. The van der Waals surface area contributed by atoms with Crippen LogP contribution in [0.3, 0.4) is 0 Å². The molecule has 0 spiro atoms. The van der Waals surface area contributed by atoms with Crippen LogP contribution in [0.15, 0.2) is 34.7 Å². The van der Waals surface area contributed by atoms with Crippen LogP contribution in [0.25, 0.3) is 11.0 Å². The van der Waals surface area contributed by atoms with Crippen LogP contribution in [0.1, 0.15) is 30.3 Å². The summed E-state index contributed by atoms with van der Waals surface area (Å²) in [6, 6.07) is 9.47. The van der Waals surface area contributed by atoms with Crippen molar-refractivity contribution < 1.29 is 9.21 Å². The molecule has 1 saturated heterocycles. The quantitative estimate of drug-likeness (QED) is 0.903. The lowest BCUT2D eigenvalue weighted by Gasteiger charge is -2.33. The van der Waals surface area contributed by atoms with Gasteiger partial charge >= 0.3 is 0 Å². The third-order valence-electron chi connectivity index (χ3n) is 4.14. The zero-order valence-electron chi connectivity index (χ0n) is 11.7. The fourth-order valence-electron chi connectivity index (χ4n) is 2.68. The highest BCUT2D eigenvalue weighted by atomic mass is 16.3. The van der Waals surface area contributed by atoms with Crippen LogP contribution in [0.2, 0.25) is 0 Å². The van der Waals surface area contributed by atoms with Crippen molar-refractivity contribution in [1.29, 1.82) is 0 Å². The van der Waals surface area contributed by atoms with Gasteiger partial charge in [0.15, 0.2) is 5.76 Å². The van der Waals surface area contributed by atoms with Crippen molar-refractivity contribution in [2.45, 2.75) is 19.8 Å². The molecule has 0 radical (unpaired) electrons. The van der Waals surface area contributed by atoms with E-state index in [2.05, 4.69) is 17.6 Å². The molecule has 4 nitrogen and oxygen atoms in total. The van der Waals surface area contributed by atoms with E-state index < -0.39 is 0 Å². The Morgan fingerprint density at radius 2 is 2.10 bits per heavy atom. The second kappa shape index (κ2) is 5.29. The highest BCUT2D eigenvalue weighted by Crippen LogP contribution is 2.27. The number of rotatable bonds is 3. The van der Waals surface area contributed by atoms with E-state index >= 15 is 0 Å². The Labute approximate surface area is 118 Å². The minimum absolute atomic E-state index is 0.124. The molecule has 20 heavy (non-hydrogen) atoms. The first-order valence-corrected chi connectivity index (χ1v) is 7.14. The molecule has 1 amide bonds. The predicted octanol–water partition coefficient (Wildman–Crippen LogP) is 2.55. The summed E-state index contributed by atoms with van der Waals surface area (Å²) in [5.41, 5.74) is 0.943. The van der Waals surface area contributed by atoms with Gasteiger partial charge in [0, 0.05) is 11.9 Å². The van der Waals surface area contributed by atoms with Gasteiger partial charge in [-0.15, -0.1) is 0 Å². The maximum absolute atomic E-state index is 12.2. The number of hydrogen-bond acceptors (Lipinski definition) is 3. The Balaban J connectivity index is 1.66. The number of piperidine rings is 1. The number of furan rings is 1. The van der Waals surface area contributed by atoms with Gasteiger partial charge < -0.3 is 15.1 Å². The van der Waals surface area contributed by atoms with Crippen LogP contribution in [-0.2, 0) is 0 Å². The van der Waals surface area contributed by atoms with Gasteiger partial charge in [0.05, 0.1) is 0 Å². The second-order valence-corrected chi connectivity index (χ2v) is 5.89. The van der Waals surface area contributed by atoms with Crippen LogP contribution < -0.4 is 10.6 Å². The van der Waals surface area contributed by atoms with E-state index in [-0.39, 0.29) is 11.3 Å². The van der Waals surface area contributed by atoms with Crippen LogP contribution in [0.5, 0.6) is 0 Å². The van der Waals surface area contributed by atoms with Gasteiger partial charge in [0.1, 0.15) is 5.58 Å². The highest BCUT2D eigenvalue weighted by molar-refractivity contribution is 5.96. The summed E-state index contributed by atoms with van der Waals surface area (Å²) in [5, 5.41) is 7.32. The second-order valence-electron chi connectivity index (χ2n) is 5.89. The lowest BCUT2D eigenvalue weighted by Crippen LogP contribution is -2.42. The van der Waals surface area contributed by atoms with E-state index in [4.69, 9.17) is 4.42 Å². The van der Waals surface area contributed by atoms with E-state index in [0.717, 1.165) is 36.9 Å². The van der Waals surface area contributed by atoms with Crippen molar-refractivity contribution in [3.05, 3.63) is 36.1 Å². The molecule has 1 aliphatic heterocycles. The standard InChI is InChI=1S/C16H20N2O2/c1-16(6-8-17-9-7-16)11-18-15(19)14-10-12-4-2-3-5-13(12)20-14/h2-5,10,17H,6-9,11H2,1H3,(H,18,19). The van der Waals surface area contributed by atoms with Gasteiger partial charge in [-0.1, -0.05) is 25.1 Å². The maximum atomic E-state index is 12.2. The molecule has 0 saturated carbocycles. The smallest absolute Gasteiger partial charge is 0.287 e. The zero-order valence-corrected chi connectivity index (χ0v) is 11.7. The molecule has 1 aliphatic rings. The molecule has 0 bridgehead atoms. The number of para-hydroxylation sites is 1. The summed E-state index contributed by atoms with van der Waals surface area (Å²) in [7, 11) is 0. The van der Waals surface area contributed by atoms with Crippen LogP contribution in [0, 0.1) is 5.41 Å². The van der Waals surface area contributed by atoms with Crippen molar-refractivity contribution in [3.63, 3.8) is 0 Å². The molecule has 1 aromatic carbocycles. The lowest BCUT2D eigenvalue weighted by atomic mass is 9.81. The Hall–Kier alpha value is -1.81. The number of fused-ring (bicyclic) bond motifs is 1. The Morgan fingerprint density at radius 3 is 2.85 bits per heavy atom. The summed E-state index contributed by atoms with van der Waals surface area (Å²) in [6.07, 6.45) is 2.18. The van der Waals surface area contributed by atoms with E-state index in [1.54, 1.807) is 6.07 Å². The molecule has 2 aromatic rings. The largest absolute Gasteiger partial charge is 0.451 e. The molecular formula is C16H20N2O2. The fourth-order valence-corrected chi connectivity index (χ4v) is 2.68. The lowest BCUT2D eigenvalue weighted by molar-refractivity contribution is 0.0896. The van der Waals surface area contributed by atoms with Gasteiger partial charge in [-0.2, -0.15) is 0 Å². The first-order chi connectivity index (χ1) is 9.66. The molecule has 4 heteroatoms. The number of carbonyl (C=O) groups excluding carboxylic acids is 1. The summed E-state index contributed by atoms with van der Waals surface area (Å²) < 4.78 is 5.58. The first-order valence-electron chi connectivity index (χ1n) is 7.14. The molecule has 2 N–H and O–H groups in total. The van der Waals surface area contributed by atoms with E-state index in [0.29, 0.717) is 12.3 Å². The number of amides is 1. The van der Waals surface area contributed by atoms with Crippen molar-refractivity contribution in [3.8, 4) is 0 Å². The van der Waals surface area contributed by atoms with E-state index in [1.165, 1.54) is 0 Å². The van der Waals surface area contributed by atoms with Crippen LogP contribution in [-0.4, -0.2) is 25.5 Å². The molecule has 2 heterocycles. The number of carbonyl (C=O) groups is 1. The molecule has 0 unspecified atom stereocenters. The first kappa shape index (κ1) is 13.2. The average Bonchev–Trinajstić information content (AvgIpc) is 2.89. The topological polar surface area (TPSA) is 54.3 Å². The van der Waals surface area contributed by atoms with Gasteiger partial charge in [-0.3, -0.25) is 4.79 Å². The minimum Gasteiger partial charge on any atom is -0.451 e. The van der Waals surface area contributed by atoms with E-state index in [1.807, 2.05) is 24.3 Å². The van der Waals surface area contributed by atoms with Gasteiger partial charge in [0.2, 0.25) is 0 Å².